The van der Waals surface area contributed by atoms with Crippen LogP contribution in [-0.2, 0) is 10.0 Å². The highest BCUT2D eigenvalue weighted by molar-refractivity contribution is 8.01. The first kappa shape index (κ1) is 12.2. The van der Waals surface area contributed by atoms with E-state index in [0.717, 1.165) is 5.75 Å². The molecule has 3 nitrogen and oxygen atoms in total. The Bertz CT molecular complexity index is 472. The van der Waals surface area contributed by atoms with Crippen molar-refractivity contribution in [1.29, 1.82) is 0 Å². The first-order valence-corrected chi connectivity index (χ1v) is 7.77. The molecule has 0 aliphatic carbocycles. The molecule has 1 atom stereocenters. The molecule has 0 aromatic heterocycles. The molecule has 1 aromatic carbocycles. The van der Waals surface area contributed by atoms with Gasteiger partial charge in [0.15, 0.2) is 0 Å². The van der Waals surface area contributed by atoms with E-state index in [2.05, 4.69) is 0 Å². The van der Waals surface area contributed by atoms with E-state index in [0.29, 0.717) is 16.5 Å². The molecule has 2 rings (SSSR count). The van der Waals surface area contributed by atoms with Gasteiger partial charge in [-0.1, -0.05) is 11.6 Å². The van der Waals surface area contributed by atoms with Crippen molar-refractivity contribution in [2.75, 3.05) is 12.3 Å². The van der Waals surface area contributed by atoms with Crippen LogP contribution in [0.3, 0.4) is 0 Å². The van der Waals surface area contributed by atoms with Gasteiger partial charge < -0.3 is 0 Å². The topological polar surface area (TPSA) is 37.4 Å². The zero-order valence-corrected chi connectivity index (χ0v) is 11.1. The Morgan fingerprint density at radius 1 is 1.38 bits per heavy atom. The maximum atomic E-state index is 12.2. The van der Waals surface area contributed by atoms with Gasteiger partial charge in [0.05, 0.1) is 10.3 Å². The fourth-order valence-corrected chi connectivity index (χ4v) is 4.79. The van der Waals surface area contributed by atoms with E-state index in [1.807, 2.05) is 6.92 Å². The monoisotopic (exact) mass is 277 g/mol. The van der Waals surface area contributed by atoms with Crippen LogP contribution in [0, 0.1) is 0 Å². The molecule has 0 bridgehead atoms. The van der Waals surface area contributed by atoms with Gasteiger partial charge >= 0.3 is 0 Å². The van der Waals surface area contributed by atoms with Crippen molar-refractivity contribution < 1.29 is 8.42 Å². The lowest BCUT2D eigenvalue weighted by Crippen LogP contribution is -2.33. The van der Waals surface area contributed by atoms with E-state index < -0.39 is 10.0 Å². The van der Waals surface area contributed by atoms with Crippen LogP contribution in [0.25, 0.3) is 0 Å². The van der Waals surface area contributed by atoms with Crippen LogP contribution in [0.4, 0.5) is 0 Å². The van der Waals surface area contributed by atoms with Crippen molar-refractivity contribution >= 4 is 33.4 Å². The maximum absolute atomic E-state index is 12.2. The summed E-state index contributed by atoms with van der Waals surface area (Å²) in [5.41, 5.74) is 0. The van der Waals surface area contributed by atoms with Gasteiger partial charge in [-0.05, 0) is 31.2 Å². The summed E-state index contributed by atoms with van der Waals surface area (Å²) in [7, 11) is -3.35. The molecule has 16 heavy (non-hydrogen) atoms. The number of hydrogen-bond donors (Lipinski definition) is 0. The van der Waals surface area contributed by atoms with Crippen LogP contribution in [-0.4, -0.2) is 30.4 Å². The highest BCUT2D eigenvalue weighted by atomic mass is 35.5. The molecule has 6 heteroatoms. The second-order valence-electron chi connectivity index (χ2n) is 3.54. The van der Waals surface area contributed by atoms with Gasteiger partial charge in [0.25, 0.3) is 0 Å². The number of thioether (sulfide) groups is 1. The zero-order valence-electron chi connectivity index (χ0n) is 8.76. The Labute approximate surface area is 105 Å². The molecule has 1 heterocycles. The fourth-order valence-electron chi connectivity index (χ4n) is 1.64. The summed E-state index contributed by atoms with van der Waals surface area (Å²) in [6.45, 7) is 2.49. The van der Waals surface area contributed by atoms with Gasteiger partial charge in [-0.25, -0.2) is 8.42 Å². The van der Waals surface area contributed by atoms with E-state index in [1.165, 1.54) is 4.31 Å². The van der Waals surface area contributed by atoms with Gasteiger partial charge in [0.1, 0.15) is 0 Å². The van der Waals surface area contributed by atoms with Gasteiger partial charge in [0, 0.05) is 17.3 Å². The summed E-state index contributed by atoms with van der Waals surface area (Å²) < 4.78 is 26.0. The minimum atomic E-state index is -3.35. The van der Waals surface area contributed by atoms with E-state index in [9.17, 15) is 8.42 Å². The Hall–Kier alpha value is -0.230. The Morgan fingerprint density at radius 2 is 2.00 bits per heavy atom. The number of benzene rings is 1. The predicted octanol–water partition coefficient (Wildman–Crippen LogP) is 2.42. The fraction of sp³-hybridized carbons (Fsp3) is 0.400. The third kappa shape index (κ3) is 2.22. The highest BCUT2D eigenvalue weighted by Gasteiger charge is 2.32. The van der Waals surface area contributed by atoms with Crippen LogP contribution < -0.4 is 0 Å². The van der Waals surface area contributed by atoms with E-state index in [4.69, 9.17) is 11.6 Å². The van der Waals surface area contributed by atoms with Crippen molar-refractivity contribution in [3.8, 4) is 0 Å². The number of hydrogen-bond acceptors (Lipinski definition) is 3. The molecular formula is C10H12ClNO2S2. The molecule has 1 aliphatic heterocycles. The second-order valence-corrected chi connectivity index (χ2v) is 7.29. The summed E-state index contributed by atoms with van der Waals surface area (Å²) in [4.78, 5) is 0.311. The van der Waals surface area contributed by atoms with E-state index in [-0.39, 0.29) is 5.37 Å². The van der Waals surface area contributed by atoms with Gasteiger partial charge in [-0.15, -0.1) is 11.8 Å². The molecule has 0 saturated carbocycles. The van der Waals surface area contributed by atoms with Crippen LogP contribution in [0.15, 0.2) is 29.2 Å². The van der Waals surface area contributed by atoms with Gasteiger partial charge in [-0.3, -0.25) is 0 Å². The standard InChI is InChI=1S/C10H12ClNO2S2/c1-8-12(6-7-15-8)16(13,14)10-4-2-9(11)3-5-10/h2-5,8H,6-7H2,1H3/t8-/m1/s1. The van der Waals surface area contributed by atoms with Crippen LogP contribution >= 0.6 is 23.4 Å². The zero-order chi connectivity index (χ0) is 11.8. The van der Waals surface area contributed by atoms with Crippen molar-refractivity contribution in [1.82, 2.24) is 4.31 Å². The Morgan fingerprint density at radius 3 is 2.50 bits per heavy atom. The molecular weight excluding hydrogens is 266 g/mol. The number of rotatable bonds is 2. The average molecular weight is 278 g/mol. The normalized spacial score (nSPS) is 22.5. The molecule has 1 aromatic rings. The molecule has 0 N–H and O–H groups in total. The number of nitrogens with zero attached hydrogens (tertiary/aromatic N) is 1. The number of halogens is 1. The van der Waals surface area contributed by atoms with Crippen LogP contribution in [0.5, 0.6) is 0 Å². The number of sulfonamides is 1. The molecule has 1 fully saturated rings. The summed E-state index contributed by atoms with van der Waals surface area (Å²) in [5, 5.41) is 0.559. The van der Waals surface area contributed by atoms with Crippen molar-refractivity contribution in [2.45, 2.75) is 17.2 Å². The summed E-state index contributed by atoms with van der Waals surface area (Å²) in [6.07, 6.45) is 0. The van der Waals surface area contributed by atoms with Crippen molar-refractivity contribution in [3.63, 3.8) is 0 Å². The molecule has 1 aliphatic rings. The summed E-state index contributed by atoms with van der Waals surface area (Å²) in [6, 6.07) is 6.30. The molecule has 0 amide bonds. The molecule has 1 saturated heterocycles. The maximum Gasteiger partial charge on any atom is 0.244 e. The van der Waals surface area contributed by atoms with Crippen molar-refractivity contribution in [2.24, 2.45) is 0 Å². The second kappa shape index (κ2) is 4.56. The molecule has 0 spiro atoms. The molecule has 0 radical (unpaired) electrons. The lowest BCUT2D eigenvalue weighted by Gasteiger charge is -2.19. The lowest BCUT2D eigenvalue weighted by molar-refractivity contribution is 0.442. The minimum absolute atomic E-state index is 0.0145. The first-order valence-electron chi connectivity index (χ1n) is 4.91. The van der Waals surface area contributed by atoms with Crippen LogP contribution in [0.1, 0.15) is 6.92 Å². The van der Waals surface area contributed by atoms with E-state index in [1.54, 1.807) is 36.0 Å². The Balaban J connectivity index is 2.35. The van der Waals surface area contributed by atoms with Gasteiger partial charge in [-0.2, -0.15) is 4.31 Å². The smallest absolute Gasteiger partial charge is 0.207 e. The average Bonchev–Trinajstić information content (AvgIpc) is 2.66. The third-order valence-corrected chi connectivity index (χ3v) is 6.02. The predicted molar refractivity (Wildman–Crippen MR) is 67.3 cm³/mol. The first-order chi connectivity index (χ1) is 7.51. The Kier molecular flexibility index (Phi) is 3.49. The van der Waals surface area contributed by atoms with E-state index >= 15 is 0 Å². The third-order valence-electron chi connectivity index (χ3n) is 2.50. The van der Waals surface area contributed by atoms with Gasteiger partial charge in [0.2, 0.25) is 10.0 Å². The summed E-state index contributed by atoms with van der Waals surface area (Å²) >= 11 is 7.39. The molecule has 88 valence electrons. The SMILES string of the molecule is C[C@H]1SCCN1S(=O)(=O)c1ccc(Cl)cc1. The lowest BCUT2D eigenvalue weighted by atomic mass is 10.4. The van der Waals surface area contributed by atoms with Crippen LogP contribution in [0.2, 0.25) is 5.02 Å². The quantitative estimate of drug-likeness (QED) is 0.833. The summed E-state index contributed by atoms with van der Waals surface area (Å²) in [5.74, 6) is 0.855. The highest BCUT2D eigenvalue weighted by Crippen LogP contribution is 2.29. The largest absolute Gasteiger partial charge is 0.244 e. The molecule has 0 unspecified atom stereocenters. The minimum Gasteiger partial charge on any atom is -0.207 e. The van der Waals surface area contributed by atoms with Crippen molar-refractivity contribution in [3.05, 3.63) is 29.3 Å².